The molecule has 1 unspecified atom stereocenters. The van der Waals surface area contributed by atoms with Crippen LogP contribution in [0.25, 0.3) is 5.69 Å². The zero-order valence-corrected chi connectivity index (χ0v) is 17.0. The number of nitrogens with zero attached hydrogens (tertiary/aromatic N) is 4. The van der Waals surface area contributed by atoms with Crippen molar-refractivity contribution in [1.29, 1.82) is 0 Å². The van der Waals surface area contributed by atoms with Crippen LogP contribution in [0.5, 0.6) is 0 Å². The van der Waals surface area contributed by atoms with Crippen LogP contribution in [0.15, 0.2) is 65.8 Å². The molecule has 1 fully saturated rings. The molecule has 1 aliphatic carbocycles. The van der Waals surface area contributed by atoms with Crippen molar-refractivity contribution in [3.8, 4) is 5.69 Å². The molecule has 0 radical (unpaired) electrons. The first-order valence-corrected chi connectivity index (χ1v) is 10.5. The molecule has 0 bridgehead atoms. The normalized spacial score (nSPS) is 14.6. The smallest absolute Gasteiger partial charge is 0.235 e. The van der Waals surface area contributed by atoms with Gasteiger partial charge in [-0.15, -0.1) is 5.10 Å². The van der Waals surface area contributed by atoms with Gasteiger partial charge in [0.05, 0.1) is 10.9 Å². The van der Waals surface area contributed by atoms with Crippen LogP contribution in [0.3, 0.4) is 0 Å². The molecule has 0 spiro atoms. The number of rotatable bonds is 7. The molecule has 2 aromatic carbocycles. The van der Waals surface area contributed by atoms with Crippen LogP contribution >= 0.6 is 11.8 Å². The lowest BCUT2D eigenvalue weighted by atomic mass is 10.2. The summed E-state index contributed by atoms with van der Waals surface area (Å²) in [5.41, 5.74) is 2.14. The summed E-state index contributed by atoms with van der Waals surface area (Å²) in [4.78, 5) is 19.3. The number of aromatic nitrogens is 3. The zero-order valence-electron chi connectivity index (χ0n) is 16.2. The number of benzene rings is 2. The van der Waals surface area contributed by atoms with Crippen LogP contribution in [0, 0.1) is 0 Å². The van der Waals surface area contributed by atoms with E-state index in [0.29, 0.717) is 17.6 Å². The minimum atomic E-state index is -0.243. The van der Waals surface area contributed by atoms with E-state index in [0.717, 1.165) is 29.9 Å². The fraction of sp³-hybridized carbons (Fsp3) is 0.318. The minimum Gasteiger partial charge on any atom is -0.340 e. The Morgan fingerprint density at radius 3 is 2.43 bits per heavy atom. The maximum Gasteiger partial charge on any atom is 0.235 e. The molecule has 144 valence electrons. The molecule has 3 aromatic rings. The first-order chi connectivity index (χ1) is 13.6. The van der Waals surface area contributed by atoms with E-state index in [1.54, 1.807) is 4.90 Å². The van der Waals surface area contributed by atoms with Gasteiger partial charge in [-0.3, -0.25) is 4.79 Å². The Balaban J connectivity index is 1.47. The minimum absolute atomic E-state index is 0.0814. The molecule has 4 rings (SSSR count). The molecule has 1 aliphatic rings. The van der Waals surface area contributed by atoms with Crippen molar-refractivity contribution in [3.63, 3.8) is 0 Å². The summed E-state index contributed by atoms with van der Waals surface area (Å²) in [6.07, 6.45) is 2.31. The summed E-state index contributed by atoms with van der Waals surface area (Å²) >= 11 is 1.43. The lowest BCUT2D eigenvalue weighted by Crippen LogP contribution is -2.32. The van der Waals surface area contributed by atoms with Crippen LogP contribution in [-0.2, 0) is 11.3 Å². The van der Waals surface area contributed by atoms with E-state index in [-0.39, 0.29) is 11.2 Å². The highest BCUT2D eigenvalue weighted by molar-refractivity contribution is 8.00. The SMILES string of the molecule is CC(Sc1nc(C2CC2)n(-c2ccccc2)n1)C(=O)N(C)Cc1ccccc1. The van der Waals surface area contributed by atoms with Crippen molar-refractivity contribution in [2.24, 2.45) is 0 Å². The third-order valence-electron chi connectivity index (χ3n) is 4.82. The molecule has 28 heavy (non-hydrogen) atoms. The predicted octanol–water partition coefficient (Wildman–Crippen LogP) is 4.28. The maximum absolute atomic E-state index is 12.8. The predicted molar refractivity (Wildman–Crippen MR) is 112 cm³/mol. The van der Waals surface area contributed by atoms with Crippen LogP contribution in [-0.4, -0.2) is 37.9 Å². The number of para-hydroxylation sites is 1. The zero-order chi connectivity index (χ0) is 19.5. The standard InChI is InChI=1S/C22H24N4OS/c1-16(21(27)25(2)15-17-9-5-3-6-10-17)28-22-23-20(18-13-14-18)26(24-22)19-11-7-4-8-12-19/h3-12,16,18H,13-15H2,1-2H3. The molecule has 5 nitrogen and oxygen atoms in total. The van der Waals surface area contributed by atoms with Gasteiger partial charge in [-0.25, -0.2) is 9.67 Å². The van der Waals surface area contributed by atoms with Gasteiger partial charge in [0.25, 0.3) is 0 Å². The monoisotopic (exact) mass is 392 g/mol. The van der Waals surface area contributed by atoms with Crippen molar-refractivity contribution in [1.82, 2.24) is 19.7 Å². The fourth-order valence-corrected chi connectivity index (χ4v) is 4.05. The van der Waals surface area contributed by atoms with Gasteiger partial charge in [0.15, 0.2) is 0 Å². The molecule has 1 amide bonds. The van der Waals surface area contributed by atoms with Crippen LogP contribution in [0.4, 0.5) is 0 Å². The molecule has 0 N–H and O–H groups in total. The second kappa shape index (κ2) is 8.19. The number of carbonyl (C=O) groups is 1. The van der Waals surface area contributed by atoms with Crippen molar-refractivity contribution in [2.75, 3.05) is 7.05 Å². The molecule has 1 saturated carbocycles. The van der Waals surface area contributed by atoms with E-state index in [2.05, 4.69) is 0 Å². The van der Waals surface area contributed by atoms with Crippen LogP contribution in [0.1, 0.15) is 37.1 Å². The highest BCUT2D eigenvalue weighted by Gasteiger charge is 2.31. The Morgan fingerprint density at radius 2 is 1.79 bits per heavy atom. The lowest BCUT2D eigenvalue weighted by Gasteiger charge is -2.20. The van der Waals surface area contributed by atoms with E-state index in [9.17, 15) is 4.79 Å². The van der Waals surface area contributed by atoms with E-state index in [1.165, 1.54) is 11.8 Å². The van der Waals surface area contributed by atoms with Gasteiger partial charge in [0, 0.05) is 19.5 Å². The second-order valence-electron chi connectivity index (χ2n) is 7.21. The molecule has 1 heterocycles. The third kappa shape index (κ3) is 4.28. The van der Waals surface area contributed by atoms with Crippen LogP contribution < -0.4 is 0 Å². The van der Waals surface area contributed by atoms with Crippen molar-refractivity contribution < 1.29 is 4.79 Å². The van der Waals surface area contributed by atoms with Gasteiger partial charge in [0.2, 0.25) is 11.1 Å². The number of hydrogen-bond donors (Lipinski definition) is 0. The highest BCUT2D eigenvalue weighted by atomic mass is 32.2. The number of thioether (sulfide) groups is 1. The number of hydrogen-bond acceptors (Lipinski definition) is 4. The summed E-state index contributed by atoms with van der Waals surface area (Å²) in [5.74, 6) is 1.57. The first-order valence-electron chi connectivity index (χ1n) is 9.60. The van der Waals surface area contributed by atoms with Gasteiger partial charge < -0.3 is 4.90 Å². The molecular weight excluding hydrogens is 368 g/mol. The van der Waals surface area contributed by atoms with Gasteiger partial charge in [-0.05, 0) is 37.5 Å². The third-order valence-corrected chi connectivity index (χ3v) is 5.76. The van der Waals surface area contributed by atoms with E-state index in [4.69, 9.17) is 10.1 Å². The maximum atomic E-state index is 12.8. The summed E-state index contributed by atoms with van der Waals surface area (Å²) in [6.45, 7) is 2.53. The van der Waals surface area contributed by atoms with Gasteiger partial charge in [-0.1, -0.05) is 60.3 Å². The van der Waals surface area contributed by atoms with Crippen LogP contribution in [0.2, 0.25) is 0 Å². The molecule has 1 atom stereocenters. The van der Waals surface area contributed by atoms with Gasteiger partial charge in [-0.2, -0.15) is 0 Å². The van der Waals surface area contributed by atoms with Crippen molar-refractivity contribution >= 4 is 17.7 Å². The average molecular weight is 393 g/mol. The quantitative estimate of drug-likeness (QED) is 0.563. The first kappa shape index (κ1) is 18.7. The summed E-state index contributed by atoms with van der Waals surface area (Å²) in [5, 5.41) is 5.13. The van der Waals surface area contributed by atoms with Crippen molar-refractivity contribution in [3.05, 3.63) is 72.1 Å². The molecule has 1 aromatic heterocycles. The molecule has 6 heteroatoms. The van der Waals surface area contributed by atoms with E-state index >= 15 is 0 Å². The van der Waals surface area contributed by atoms with E-state index < -0.39 is 0 Å². The molecule has 0 saturated heterocycles. The highest BCUT2D eigenvalue weighted by Crippen LogP contribution is 2.40. The fourth-order valence-electron chi connectivity index (χ4n) is 3.17. The van der Waals surface area contributed by atoms with Crippen molar-refractivity contribution in [2.45, 2.75) is 42.6 Å². The largest absolute Gasteiger partial charge is 0.340 e. The number of amides is 1. The Morgan fingerprint density at radius 1 is 1.14 bits per heavy atom. The summed E-state index contributed by atoms with van der Waals surface area (Å²) < 4.78 is 1.94. The Kier molecular flexibility index (Phi) is 5.48. The Labute approximate surface area is 169 Å². The van der Waals surface area contributed by atoms with Gasteiger partial charge >= 0.3 is 0 Å². The molecular formula is C22H24N4OS. The summed E-state index contributed by atoms with van der Waals surface area (Å²) in [6, 6.07) is 20.1. The molecule has 0 aliphatic heterocycles. The Bertz CT molecular complexity index is 938. The summed E-state index contributed by atoms with van der Waals surface area (Å²) in [7, 11) is 1.85. The second-order valence-corrected chi connectivity index (χ2v) is 8.52. The topological polar surface area (TPSA) is 51.0 Å². The number of carbonyl (C=O) groups excluding carboxylic acids is 1. The average Bonchev–Trinajstić information content (AvgIpc) is 3.49. The lowest BCUT2D eigenvalue weighted by molar-refractivity contribution is -0.129. The Hall–Kier alpha value is -2.60. The van der Waals surface area contributed by atoms with Gasteiger partial charge in [0.1, 0.15) is 5.82 Å². The van der Waals surface area contributed by atoms with E-state index in [1.807, 2.05) is 79.3 Å².